The monoisotopic (exact) mass is 422 g/mol. The van der Waals surface area contributed by atoms with E-state index in [1.807, 2.05) is 13.8 Å². The van der Waals surface area contributed by atoms with Crippen LogP contribution in [0.2, 0.25) is 0 Å². The summed E-state index contributed by atoms with van der Waals surface area (Å²) in [4.78, 5) is 23.8. The van der Waals surface area contributed by atoms with Crippen molar-refractivity contribution < 1.29 is 27.1 Å². The molecule has 0 aliphatic heterocycles. The number of anilines is 1. The van der Waals surface area contributed by atoms with Crippen molar-refractivity contribution in [1.29, 1.82) is 0 Å². The van der Waals surface area contributed by atoms with Crippen LogP contribution >= 0.6 is 0 Å². The number of esters is 1. The fraction of sp³-hybridized carbons (Fsp3) is 0.300. The van der Waals surface area contributed by atoms with Gasteiger partial charge in [0, 0.05) is 11.7 Å². The van der Waals surface area contributed by atoms with Crippen molar-refractivity contribution in [2.24, 2.45) is 0 Å². The lowest BCUT2D eigenvalue weighted by atomic mass is 10.2. The highest BCUT2D eigenvalue weighted by molar-refractivity contribution is 7.92. The van der Waals surface area contributed by atoms with Crippen LogP contribution in [0, 0.1) is 5.82 Å². The van der Waals surface area contributed by atoms with Crippen LogP contribution in [0.4, 0.5) is 10.1 Å². The summed E-state index contributed by atoms with van der Waals surface area (Å²) >= 11 is 0. The third-order valence-electron chi connectivity index (χ3n) is 3.94. The molecule has 0 saturated heterocycles. The Kier molecular flexibility index (Phi) is 7.72. The van der Waals surface area contributed by atoms with E-state index in [-0.39, 0.29) is 22.2 Å². The van der Waals surface area contributed by atoms with Gasteiger partial charge in [-0.3, -0.25) is 9.52 Å². The lowest BCUT2D eigenvalue weighted by molar-refractivity contribution is -0.124. The van der Waals surface area contributed by atoms with Gasteiger partial charge in [-0.25, -0.2) is 17.6 Å². The molecule has 0 aliphatic carbocycles. The molecule has 1 amide bonds. The summed E-state index contributed by atoms with van der Waals surface area (Å²) in [7, 11) is -4.00. The molecular weight excluding hydrogens is 399 g/mol. The van der Waals surface area contributed by atoms with Crippen molar-refractivity contribution in [1.82, 2.24) is 5.32 Å². The Morgan fingerprint density at radius 1 is 1.14 bits per heavy atom. The first kappa shape index (κ1) is 22.4. The largest absolute Gasteiger partial charge is 0.452 e. The molecule has 1 atom stereocenters. The number of hydrogen-bond acceptors (Lipinski definition) is 5. The van der Waals surface area contributed by atoms with Gasteiger partial charge in [-0.2, -0.15) is 0 Å². The van der Waals surface area contributed by atoms with Crippen LogP contribution in [0.5, 0.6) is 0 Å². The Labute approximate surface area is 169 Å². The van der Waals surface area contributed by atoms with E-state index in [4.69, 9.17) is 4.74 Å². The molecule has 0 saturated carbocycles. The van der Waals surface area contributed by atoms with Crippen LogP contribution in [0.1, 0.15) is 37.0 Å². The first-order chi connectivity index (χ1) is 13.7. The summed E-state index contributed by atoms with van der Waals surface area (Å²) in [6, 6.07) is 10.0. The molecule has 7 nitrogen and oxygen atoms in total. The SMILES string of the molecule is CCC[C@@H](C)NC(=O)COC(=O)c1cccc(S(=O)(=O)Nc2ccc(F)cc2)c1. The summed E-state index contributed by atoms with van der Waals surface area (Å²) < 4.78 is 45.2. The van der Waals surface area contributed by atoms with Gasteiger partial charge >= 0.3 is 5.97 Å². The van der Waals surface area contributed by atoms with Crippen molar-refractivity contribution in [2.45, 2.75) is 37.6 Å². The number of carbonyl (C=O) groups excluding carboxylic acids is 2. The maximum Gasteiger partial charge on any atom is 0.338 e. The minimum atomic E-state index is -4.00. The van der Waals surface area contributed by atoms with Gasteiger partial charge in [0.1, 0.15) is 5.82 Å². The van der Waals surface area contributed by atoms with E-state index in [1.54, 1.807) is 0 Å². The Morgan fingerprint density at radius 3 is 2.48 bits per heavy atom. The molecule has 29 heavy (non-hydrogen) atoms. The Morgan fingerprint density at radius 2 is 1.83 bits per heavy atom. The predicted octanol–water partition coefficient (Wildman–Crippen LogP) is 3.09. The van der Waals surface area contributed by atoms with Crippen LogP contribution in [-0.2, 0) is 19.6 Å². The van der Waals surface area contributed by atoms with E-state index < -0.39 is 34.3 Å². The van der Waals surface area contributed by atoms with Gasteiger partial charge in [0.15, 0.2) is 6.61 Å². The highest BCUT2D eigenvalue weighted by atomic mass is 32.2. The van der Waals surface area contributed by atoms with Gasteiger partial charge in [0.05, 0.1) is 10.5 Å². The molecule has 2 aromatic carbocycles. The van der Waals surface area contributed by atoms with Gasteiger partial charge in [-0.15, -0.1) is 0 Å². The average Bonchev–Trinajstić information content (AvgIpc) is 2.68. The molecule has 0 heterocycles. The minimum Gasteiger partial charge on any atom is -0.452 e. The number of hydrogen-bond donors (Lipinski definition) is 2. The van der Waals surface area contributed by atoms with E-state index in [2.05, 4.69) is 10.0 Å². The second-order valence-corrected chi connectivity index (χ2v) is 8.16. The zero-order chi connectivity index (χ0) is 21.4. The van der Waals surface area contributed by atoms with Crippen molar-refractivity contribution in [3.8, 4) is 0 Å². The smallest absolute Gasteiger partial charge is 0.338 e. The summed E-state index contributed by atoms with van der Waals surface area (Å²) in [6.07, 6.45) is 1.72. The van der Waals surface area contributed by atoms with Crippen molar-refractivity contribution in [3.63, 3.8) is 0 Å². The first-order valence-corrected chi connectivity index (χ1v) is 10.5. The summed E-state index contributed by atoms with van der Waals surface area (Å²) in [5.41, 5.74) is 0.165. The highest BCUT2D eigenvalue weighted by Gasteiger charge is 2.18. The normalized spacial score (nSPS) is 12.1. The number of benzene rings is 2. The zero-order valence-electron chi connectivity index (χ0n) is 16.1. The zero-order valence-corrected chi connectivity index (χ0v) is 17.0. The Balaban J connectivity index is 2.03. The number of halogens is 1. The number of ether oxygens (including phenoxy) is 1. The molecule has 2 N–H and O–H groups in total. The Bertz CT molecular complexity index is 961. The molecule has 0 radical (unpaired) electrons. The van der Waals surface area contributed by atoms with Crippen molar-refractivity contribution in [3.05, 3.63) is 59.9 Å². The van der Waals surface area contributed by atoms with Crippen LogP contribution < -0.4 is 10.0 Å². The minimum absolute atomic E-state index is 0.0126. The van der Waals surface area contributed by atoms with E-state index in [9.17, 15) is 22.4 Å². The van der Waals surface area contributed by atoms with Crippen LogP contribution in [0.15, 0.2) is 53.4 Å². The number of rotatable bonds is 9. The second kappa shape index (κ2) is 10.0. The average molecular weight is 422 g/mol. The van der Waals surface area contributed by atoms with Gasteiger partial charge in [-0.1, -0.05) is 19.4 Å². The Hall–Kier alpha value is -2.94. The maximum atomic E-state index is 13.0. The molecular formula is C20H23FN2O5S. The quantitative estimate of drug-likeness (QED) is 0.605. The summed E-state index contributed by atoms with van der Waals surface area (Å²) in [5, 5.41) is 2.71. The summed E-state index contributed by atoms with van der Waals surface area (Å²) in [5.74, 6) is -1.74. The molecule has 0 aromatic heterocycles. The van der Waals surface area contributed by atoms with E-state index in [0.717, 1.165) is 31.0 Å². The molecule has 0 fully saturated rings. The molecule has 0 aliphatic rings. The van der Waals surface area contributed by atoms with Crippen molar-refractivity contribution in [2.75, 3.05) is 11.3 Å². The molecule has 156 valence electrons. The first-order valence-electron chi connectivity index (χ1n) is 9.06. The van der Waals surface area contributed by atoms with E-state index >= 15 is 0 Å². The van der Waals surface area contributed by atoms with E-state index in [1.165, 1.54) is 30.3 Å². The predicted molar refractivity (Wildman–Crippen MR) is 106 cm³/mol. The topological polar surface area (TPSA) is 102 Å². The number of amides is 1. The number of nitrogens with one attached hydrogen (secondary N) is 2. The summed E-state index contributed by atoms with van der Waals surface area (Å²) in [6.45, 7) is 3.39. The van der Waals surface area contributed by atoms with Crippen molar-refractivity contribution >= 4 is 27.6 Å². The number of sulfonamides is 1. The lowest BCUT2D eigenvalue weighted by Crippen LogP contribution is -2.35. The van der Waals surface area contributed by atoms with E-state index in [0.29, 0.717) is 0 Å². The second-order valence-electron chi connectivity index (χ2n) is 6.47. The molecule has 2 aromatic rings. The maximum absolute atomic E-state index is 13.0. The van der Waals surface area contributed by atoms with Gasteiger partial charge in [0.25, 0.3) is 15.9 Å². The highest BCUT2D eigenvalue weighted by Crippen LogP contribution is 2.18. The molecule has 0 unspecified atom stereocenters. The standard InChI is InChI=1S/C20H23FN2O5S/c1-3-5-14(2)22-19(24)13-28-20(25)15-6-4-7-18(12-15)29(26,27)23-17-10-8-16(21)9-11-17/h4,6-12,14,23H,3,5,13H2,1-2H3,(H,22,24)/t14-/m1/s1. The third kappa shape index (κ3) is 6.86. The third-order valence-corrected chi connectivity index (χ3v) is 5.32. The fourth-order valence-electron chi connectivity index (χ4n) is 2.56. The van der Waals surface area contributed by atoms with Crippen LogP contribution in [0.3, 0.4) is 0 Å². The fourth-order valence-corrected chi connectivity index (χ4v) is 3.66. The van der Waals surface area contributed by atoms with Crippen LogP contribution in [0.25, 0.3) is 0 Å². The molecule has 0 bridgehead atoms. The molecule has 2 rings (SSSR count). The van der Waals surface area contributed by atoms with Gasteiger partial charge in [0.2, 0.25) is 0 Å². The van der Waals surface area contributed by atoms with Gasteiger partial charge in [-0.05, 0) is 55.8 Å². The lowest BCUT2D eigenvalue weighted by Gasteiger charge is -2.13. The molecule has 0 spiro atoms. The number of carbonyl (C=O) groups is 2. The van der Waals surface area contributed by atoms with Gasteiger partial charge < -0.3 is 10.1 Å². The van der Waals surface area contributed by atoms with Crippen LogP contribution in [-0.4, -0.2) is 32.9 Å². The molecule has 9 heteroatoms.